The molecule has 2 aromatic heterocycles. The van der Waals surface area contributed by atoms with E-state index in [2.05, 4.69) is 45.4 Å². The molecular formula is C19H18N4S. The molecular weight excluding hydrogens is 316 g/mol. The van der Waals surface area contributed by atoms with Crippen LogP contribution < -0.4 is 4.90 Å². The van der Waals surface area contributed by atoms with Crippen LogP contribution in [0.15, 0.2) is 59.8 Å². The van der Waals surface area contributed by atoms with Gasteiger partial charge in [0.25, 0.3) is 0 Å². The van der Waals surface area contributed by atoms with Crippen LogP contribution in [-0.4, -0.2) is 27.8 Å². The van der Waals surface area contributed by atoms with Gasteiger partial charge in [0.15, 0.2) is 5.82 Å². The number of thioether (sulfide) groups is 1. The van der Waals surface area contributed by atoms with Gasteiger partial charge in [0.05, 0.1) is 5.69 Å². The SMILES string of the molecule is CSc1ccc(N2CCc3nc(-c4ccccn4)ncc3C2)cc1. The monoisotopic (exact) mass is 334 g/mol. The standard InChI is InChI=1S/C19H18N4S/c1-24-16-7-5-15(6-8-16)23-11-9-17-14(13-23)12-21-19(22-17)18-4-2-3-10-20-18/h2-8,10,12H,9,11,13H2,1H3. The Labute approximate surface area is 146 Å². The molecule has 0 unspecified atom stereocenters. The zero-order valence-corrected chi connectivity index (χ0v) is 14.3. The fourth-order valence-corrected chi connectivity index (χ4v) is 3.36. The molecule has 4 nitrogen and oxygen atoms in total. The van der Waals surface area contributed by atoms with Gasteiger partial charge in [-0.1, -0.05) is 6.07 Å². The van der Waals surface area contributed by atoms with Crippen molar-refractivity contribution in [1.82, 2.24) is 15.0 Å². The lowest BCUT2D eigenvalue weighted by Gasteiger charge is -2.30. The van der Waals surface area contributed by atoms with Crippen LogP contribution in [0.5, 0.6) is 0 Å². The van der Waals surface area contributed by atoms with Gasteiger partial charge in [0.2, 0.25) is 0 Å². The summed E-state index contributed by atoms with van der Waals surface area (Å²) in [5.74, 6) is 0.715. The summed E-state index contributed by atoms with van der Waals surface area (Å²) < 4.78 is 0. The molecule has 120 valence electrons. The van der Waals surface area contributed by atoms with Crippen molar-refractivity contribution in [2.75, 3.05) is 17.7 Å². The summed E-state index contributed by atoms with van der Waals surface area (Å²) in [6.07, 6.45) is 6.76. The van der Waals surface area contributed by atoms with E-state index in [1.54, 1.807) is 18.0 Å². The van der Waals surface area contributed by atoms with Crippen LogP contribution in [0, 0.1) is 0 Å². The average molecular weight is 334 g/mol. The molecule has 3 heterocycles. The number of hydrogen-bond donors (Lipinski definition) is 0. The normalized spacial score (nSPS) is 13.6. The van der Waals surface area contributed by atoms with E-state index in [0.717, 1.165) is 30.9 Å². The predicted molar refractivity (Wildman–Crippen MR) is 98.2 cm³/mol. The van der Waals surface area contributed by atoms with Crippen molar-refractivity contribution in [2.24, 2.45) is 0 Å². The Morgan fingerprint density at radius 2 is 1.92 bits per heavy atom. The maximum absolute atomic E-state index is 4.74. The molecule has 0 saturated heterocycles. The lowest BCUT2D eigenvalue weighted by molar-refractivity contribution is 0.706. The Hall–Kier alpha value is -2.40. The summed E-state index contributed by atoms with van der Waals surface area (Å²) in [6, 6.07) is 14.6. The molecule has 0 amide bonds. The highest BCUT2D eigenvalue weighted by Gasteiger charge is 2.19. The molecule has 1 aliphatic heterocycles. The minimum Gasteiger partial charge on any atom is -0.367 e. The lowest BCUT2D eigenvalue weighted by Crippen LogP contribution is -2.31. The smallest absolute Gasteiger partial charge is 0.178 e. The molecule has 0 fully saturated rings. The van der Waals surface area contributed by atoms with Crippen LogP contribution in [-0.2, 0) is 13.0 Å². The van der Waals surface area contributed by atoms with Gasteiger partial charge in [-0.3, -0.25) is 4.98 Å². The lowest BCUT2D eigenvalue weighted by atomic mass is 10.1. The second-order valence-electron chi connectivity index (χ2n) is 5.75. The Morgan fingerprint density at radius 1 is 1.04 bits per heavy atom. The number of pyridine rings is 1. The third kappa shape index (κ3) is 2.99. The Balaban J connectivity index is 1.57. The summed E-state index contributed by atoms with van der Waals surface area (Å²) in [7, 11) is 0. The molecule has 0 bridgehead atoms. The Bertz CT molecular complexity index is 834. The quantitative estimate of drug-likeness (QED) is 0.681. The number of benzene rings is 1. The largest absolute Gasteiger partial charge is 0.367 e. The first-order chi connectivity index (χ1) is 11.8. The molecule has 4 rings (SSSR count). The summed E-state index contributed by atoms with van der Waals surface area (Å²) in [5.41, 5.74) is 4.43. The van der Waals surface area contributed by atoms with Crippen molar-refractivity contribution >= 4 is 17.4 Å². The predicted octanol–water partition coefficient (Wildman–Crippen LogP) is 3.82. The Morgan fingerprint density at radius 3 is 2.67 bits per heavy atom. The second kappa shape index (κ2) is 6.61. The van der Waals surface area contributed by atoms with Gasteiger partial charge in [-0.25, -0.2) is 9.97 Å². The average Bonchev–Trinajstić information content (AvgIpc) is 2.68. The van der Waals surface area contributed by atoms with Crippen LogP contribution in [0.2, 0.25) is 0 Å². The molecule has 0 N–H and O–H groups in total. The van der Waals surface area contributed by atoms with E-state index >= 15 is 0 Å². The van der Waals surface area contributed by atoms with E-state index in [0.29, 0.717) is 5.82 Å². The van der Waals surface area contributed by atoms with Gasteiger partial charge in [-0.2, -0.15) is 0 Å². The van der Waals surface area contributed by atoms with E-state index < -0.39 is 0 Å². The van der Waals surface area contributed by atoms with E-state index in [1.807, 2.05) is 24.4 Å². The first-order valence-corrected chi connectivity index (χ1v) is 9.21. The molecule has 0 saturated carbocycles. The van der Waals surface area contributed by atoms with E-state index in [1.165, 1.54) is 16.1 Å². The number of nitrogens with zero attached hydrogens (tertiary/aromatic N) is 4. The minimum atomic E-state index is 0.715. The summed E-state index contributed by atoms with van der Waals surface area (Å²) in [4.78, 5) is 17.3. The maximum atomic E-state index is 4.74. The van der Waals surface area contributed by atoms with E-state index in [-0.39, 0.29) is 0 Å². The van der Waals surface area contributed by atoms with Gasteiger partial charge >= 0.3 is 0 Å². The van der Waals surface area contributed by atoms with Crippen LogP contribution in [0.4, 0.5) is 5.69 Å². The Kier molecular flexibility index (Phi) is 4.17. The molecule has 1 aromatic carbocycles. The van der Waals surface area contributed by atoms with E-state index in [9.17, 15) is 0 Å². The fourth-order valence-electron chi connectivity index (χ4n) is 2.95. The highest BCUT2D eigenvalue weighted by Crippen LogP contribution is 2.26. The molecule has 24 heavy (non-hydrogen) atoms. The van der Waals surface area contributed by atoms with Crippen molar-refractivity contribution < 1.29 is 0 Å². The number of fused-ring (bicyclic) bond motifs is 1. The highest BCUT2D eigenvalue weighted by molar-refractivity contribution is 7.98. The van der Waals surface area contributed by atoms with Crippen molar-refractivity contribution in [3.8, 4) is 11.5 Å². The third-order valence-corrected chi connectivity index (χ3v) is 5.01. The van der Waals surface area contributed by atoms with Crippen LogP contribution >= 0.6 is 11.8 Å². The number of rotatable bonds is 3. The van der Waals surface area contributed by atoms with Crippen molar-refractivity contribution in [1.29, 1.82) is 0 Å². The number of hydrogen-bond acceptors (Lipinski definition) is 5. The molecule has 0 atom stereocenters. The maximum Gasteiger partial charge on any atom is 0.178 e. The van der Waals surface area contributed by atoms with Gasteiger partial charge in [-0.15, -0.1) is 11.8 Å². The zero-order valence-electron chi connectivity index (χ0n) is 13.5. The van der Waals surface area contributed by atoms with Crippen LogP contribution in [0.1, 0.15) is 11.3 Å². The molecule has 5 heteroatoms. The van der Waals surface area contributed by atoms with Crippen molar-refractivity contribution in [2.45, 2.75) is 17.9 Å². The van der Waals surface area contributed by atoms with Crippen LogP contribution in [0.3, 0.4) is 0 Å². The first kappa shape index (κ1) is 15.1. The van der Waals surface area contributed by atoms with Gasteiger partial charge in [0.1, 0.15) is 5.69 Å². The third-order valence-electron chi connectivity index (χ3n) is 4.27. The minimum absolute atomic E-state index is 0.715. The van der Waals surface area contributed by atoms with Crippen LogP contribution in [0.25, 0.3) is 11.5 Å². The van der Waals surface area contributed by atoms with Gasteiger partial charge in [-0.05, 0) is 42.7 Å². The molecule has 0 spiro atoms. The van der Waals surface area contributed by atoms with Crippen molar-refractivity contribution in [3.05, 3.63) is 66.1 Å². The number of aromatic nitrogens is 3. The highest BCUT2D eigenvalue weighted by atomic mass is 32.2. The molecule has 3 aromatic rings. The fraction of sp³-hybridized carbons (Fsp3) is 0.211. The summed E-state index contributed by atoms with van der Waals surface area (Å²) >= 11 is 1.77. The molecule has 1 aliphatic rings. The van der Waals surface area contributed by atoms with Gasteiger partial charge < -0.3 is 4.90 Å². The topological polar surface area (TPSA) is 41.9 Å². The summed E-state index contributed by atoms with van der Waals surface area (Å²) in [5, 5.41) is 0. The molecule has 0 aliphatic carbocycles. The summed E-state index contributed by atoms with van der Waals surface area (Å²) in [6.45, 7) is 1.83. The second-order valence-corrected chi connectivity index (χ2v) is 6.63. The van der Waals surface area contributed by atoms with E-state index in [4.69, 9.17) is 4.98 Å². The van der Waals surface area contributed by atoms with Crippen molar-refractivity contribution in [3.63, 3.8) is 0 Å². The number of anilines is 1. The molecule has 0 radical (unpaired) electrons. The first-order valence-electron chi connectivity index (χ1n) is 7.99. The van der Waals surface area contributed by atoms with Gasteiger partial charge in [0, 0.05) is 48.1 Å². The zero-order chi connectivity index (χ0) is 16.4.